The normalized spacial score (nSPS) is 11.5. The number of imidazole rings is 1. The summed E-state index contributed by atoms with van der Waals surface area (Å²) in [4.78, 5) is 43.4. The number of pyridine rings is 2. The fourth-order valence-corrected chi connectivity index (χ4v) is 3.15. The number of carbonyl (C=O) groups excluding carboxylic acids is 1. The second kappa shape index (κ2) is 8.73. The molecule has 3 N–H and O–H groups in total. The van der Waals surface area contributed by atoms with Gasteiger partial charge in [0.15, 0.2) is 11.5 Å². The molecular formula is C21H20F2N8O2. The first kappa shape index (κ1) is 22.0. The lowest BCUT2D eigenvalue weighted by molar-refractivity contribution is -0.119. The molecule has 0 aromatic carbocycles. The molecule has 33 heavy (non-hydrogen) atoms. The van der Waals surface area contributed by atoms with Gasteiger partial charge in [0, 0.05) is 37.8 Å². The van der Waals surface area contributed by atoms with Gasteiger partial charge in [-0.25, -0.2) is 14.5 Å². The first-order chi connectivity index (χ1) is 15.7. The van der Waals surface area contributed by atoms with Gasteiger partial charge >= 0.3 is 5.92 Å². The number of aromatic amines is 1. The summed E-state index contributed by atoms with van der Waals surface area (Å²) < 4.78 is 30.1. The van der Waals surface area contributed by atoms with Gasteiger partial charge in [0.05, 0.1) is 12.1 Å². The highest BCUT2D eigenvalue weighted by Gasteiger charge is 2.33. The van der Waals surface area contributed by atoms with E-state index in [9.17, 15) is 18.4 Å². The van der Waals surface area contributed by atoms with E-state index < -0.39 is 23.7 Å². The zero-order valence-corrected chi connectivity index (χ0v) is 17.8. The zero-order chi connectivity index (χ0) is 23.6. The van der Waals surface area contributed by atoms with E-state index in [0.717, 1.165) is 5.56 Å². The van der Waals surface area contributed by atoms with Crippen molar-refractivity contribution in [2.75, 3.05) is 11.9 Å². The average Bonchev–Trinajstić information content (AvgIpc) is 3.20. The molecule has 0 radical (unpaired) electrons. The van der Waals surface area contributed by atoms with E-state index in [1.54, 1.807) is 19.2 Å². The molecule has 0 fully saturated rings. The molecule has 4 rings (SSSR count). The van der Waals surface area contributed by atoms with Gasteiger partial charge in [-0.3, -0.25) is 14.6 Å². The van der Waals surface area contributed by atoms with Gasteiger partial charge in [0.2, 0.25) is 11.9 Å². The lowest BCUT2D eigenvalue weighted by Gasteiger charge is -2.17. The maximum Gasteiger partial charge on any atom is 0.306 e. The van der Waals surface area contributed by atoms with E-state index in [4.69, 9.17) is 0 Å². The smallest absolute Gasteiger partial charge is 0.306 e. The van der Waals surface area contributed by atoms with Crippen LogP contribution in [0.2, 0.25) is 0 Å². The Kier molecular flexibility index (Phi) is 5.82. The largest absolute Gasteiger partial charge is 0.359 e. The molecule has 0 aliphatic heterocycles. The summed E-state index contributed by atoms with van der Waals surface area (Å²) in [6, 6.07) is 5.97. The van der Waals surface area contributed by atoms with Crippen LogP contribution in [0.25, 0.3) is 17.1 Å². The predicted molar refractivity (Wildman–Crippen MR) is 116 cm³/mol. The highest BCUT2D eigenvalue weighted by atomic mass is 19.3. The summed E-state index contributed by atoms with van der Waals surface area (Å²) in [5.41, 5.74) is 1.03. The van der Waals surface area contributed by atoms with Crippen LogP contribution in [0.5, 0.6) is 0 Å². The maximum atomic E-state index is 14.5. The minimum atomic E-state index is -3.31. The summed E-state index contributed by atoms with van der Waals surface area (Å²) in [6.07, 6.45) is 4.22. The number of anilines is 1. The van der Waals surface area contributed by atoms with Crippen molar-refractivity contribution >= 4 is 22.9 Å². The van der Waals surface area contributed by atoms with Crippen LogP contribution in [-0.2, 0) is 17.3 Å². The molecule has 0 unspecified atom stereocenters. The van der Waals surface area contributed by atoms with Crippen LogP contribution in [0.3, 0.4) is 0 Å². The Morgan fingerprint density at radius 1 is 1.21 bits per heavy atom. The van der Waals surface area contributed by atoms with E-state index in [1.807, 2.05) is 0 Å². The van der Waals surface area contributed by atoms with Crippen LogP contribution in [0, 0.1) is 6.92 Å². The van der Waals surface area contributed by atoms with Gasteiger partial charge in [-0.1, -0.05) is 6.07 Å². The molecule has 12 heteroatoms. The molecule has 170 valence electrons. The molecule has 0 bridgehead atoms. The summed E-state index contributed by atoms with van der Waals surface area (Å²) in [6.45, 7) is 2.49. The van der Waals surface area contributed by atoms with Crippen LogP contribution in [0.1, 0.15) is 23.9 Å². The number of halogens is 2. The number of aryl methyl sites for hydroxylation is 1. The Morgan fingerprint density at radius 2 is 2.03 bits per heavy atom. The zero-order valence-electron chi connectivity index (χ0n) is 17.8. The van der Waals surface area contributed by atoms with Crippen molar-refractivity contribution in [1.29, 1.82) is 0 Å². The molecule has 4 aromatic rings. The number of amides is 1. The quantitative estimate of drug-likeness (QED) is 0.390. The van der Waals surface area contributed by atoms with Crippen molar-refractivity contribution < 1.29 is 13.6 Å². The third-order valence-corrected chi connectivity index (χ3v) is 4.79. The molecule has 0 spiro atoms. The lowest BCUT2D eigenvalue weighted by atomic mass is 10.2. The number of fused-ring (bicyclic) bond motifs is 1. The molecule has 10 nitrogen and oxygen atoms in total. The van der Waals surface area contributed by atoms with E-state index >= 15 is 0 Å². The SMILES string of the molecule is CC(=O)NCc1cnc2nc(-n3c(C)cnc(NCC(F)(F)c4ccccn4)c3=O)[nH]c2c1. The molecule has 0 aliphatic carbocycles. The first-order valence-corrected chi connectivity index (χ1v) is 9.96. The van der Waals surface area contributed by atoms with Gasteiger partial charge in [-0.2, -0.15) is 13.8 Å². The van der Waals surface area contributed by atoms with E-state index in [1.165, 1.54) is 42.1 Å². The topological polar surface area (TPSA) is 130 Å². The van der Waals surface area contributed by atoms with Crippen LogP contribution >= 0.6 is 0 Å². The van der Waals surface area contributed by atoms with Gasteiger partial charge in [-0.15, -0.1) is 0 Å². The predicted octanol–water partition coefficient (Wildman–Crippen LogP) is 2.05. The Balaban J connectivity index is 1.62. The van der Waals surface area contributed by atoms with Crippen molar-refractivity contribution in [2.24, 2.45) is 0 Å². The van der Waals surface area contributed by atoms with Crippen LogP contribution in [0.4, 0.5) is 14.6 Å². The lowest BCUT2D eigenvalue weighted by Crippen LogP contribution is -2.31. The van der Waals surface area contributed by atoms with Crippen LogP contribution < -0.4 is 16.2 Å². The number of hydrogen-bond donors (Lipinski definition) is 3. The Hall–Kier alpha value is -4.22. The molecule has 0 saturated carbocycles. The van der Waals surface area contributed by atoms with Gasteiger partial charge in [-0.05, 0) is 30.7 Å². The summed E-state index contributed by atoms with van der Waals surface area (Å²) >= 11 is 0. The first-order valence-electron chi connectivity index (χ1n) is 9.96. The monoisotopic (exact) mass is 454 g/mol. The summed E-state index contributed by atoms with van der Waals surface area (Å²) in [5, 5.41) is 5.11. The van der Waals surface area contributed by atoms with Crippen LogP contribution in [-0.4, -0.2) is 41.9 Å². The molecule has 0 aliphatic rings. The maximum absolute atomic E-state index is 14.5. The highest BCUT2D eigenvalue weighted by Crippen LogP contribution is 2.25. The standard InChI is InChI=1S/C21H20F2N8O2/c1-12-8-26-18(28-11-21(22,23)16-5-3-4-6-24-16)19(33)31(12)20-29-15-7-14(9-25-13(2)32)10-27-17(15)30-20/h3-8,10H,9,11H2,1-2H3,(H,25,32)(H,26,28)(H,27,29,30). The second-order valence-electron chi connectivity index (χ2n) is 7.35. The number of H-pyrrole nitrogens is 1. The third kappa shape index (κ3) is 4.68. The number of hydrogen-bond acceptors (Lipinski definition) is 7. The number of aromatic nitrogens is 6. The Labute approximate surface area is 186 Å². The molecule has 0 saturated heterocycles. The molecular weight excluding hydrogens is 434 g/mol. The van der Waals surface area contributed by atoms with Crippen molar-refractivity contribution in [3.8, 4) is 5.95 Å². The second-order valence-corrected chi connectivity index (χ2v) is 7.35. The van der Waals surface area contributed by atoms with Crippen LogP contribution in [0.15, 0.2) is 47.7 Å². The average molecular weight is 454 g/mol. The fourth-order valence-electron chi connectivity index (χ4n) is 3.15. The Morgan fingerprint density at radius 3 is 2.76 bits per heavy atom. The van der Waals surface area contributed by atoms with E-state index in [-0.39, 0.29) is 17.7 Å². The molecule has 4 heterocycles. The van der Waals surface area contributed by atoms with E-state index in [2.05, 4.69) is 35.6 Å². The molecule has 0 atom stereocenters. The Bertz CT molecular complexity index is 1370. The third-order valence-electron chi connectivity index (χ3n) is 4.79. The van der Waals surface area contributed by atoms with Crippen molar-refractivity contribution in [1.82, 2.24) is 34.8 Å². The molecule has 4 aromatic heterocycles. The highest BCUT2D eigenvalue weighted by molar-refractivity contribution is 5.74. The van der Waals surface area contributed by atoms with Crippen molar-refractivity contribution in [3.05, 3.63) is 70.2 Å². The number of carbonyl (C=O) groups is 1. The summed E-state index contributed by atoms with van der Waals surface area (Å²) in [5.74, 6) is -3.57. The fraction of sp³-hybridized carbons (Fsp3) is 0.238. The van der Waals surface area contributed by atoms with Gasteiger partial charge in [0.1, 0.15) is 5.69 Å². The van der Waals surface area contributed by atoms with Crippen molar-refractivity contribution in [3.63, 3.8) is 0 Å². The van der Waals surface area contributed by atoms with Gasteiger partial charge in [0.25, 0.3) is 5.56 Å². The minimum absolute atomic E-state index is 0.165. The van der Waals surface area contributed by atoms with Gasteiger partial charge < -0.3 is 15.6 Å². The number of alkyl halides is 2. The van der Waals surface area contributed by atoms with Crippen molar-refractivity contribution in [2.45, 2.75) is 26.3 Å². The molecule has 1 amide bonds. The minimum Gasteiger partial charge on any atom is -0.359 e. The van der Waals surface area contributed by atoms with E-state index in [0.29, 0.717) is 23.4 Å². The number of nitrogens with one attached hydrogen (secondary N) is 3. The number of nitrogens with zero attached hydrogens (tertiary/aromatic N) is 5. The number of rotatable bonds is 7. The summed E-state index contributed by atoms with van der Waals surface area (Å²) in [7, 11) is 0.